The highest BCUT2D eigenvalue weighted by Crippen LogP contribution is 2.34. The molecule has 0 spiro atoms. The van der Waals surface area contributed by atoms with E-state index in [1.807, 2.05) is 0 Å². The zero-order chi connectivity index (χ0) is 14.1. The normalized spacial score (nSPS) is 36.8. The molecule has 4 atom stereocenters. The van der Waals surface area contributed by atoms with Crippen molar-refractivity contribution >= 4 is 11.8 Å². The maximum atomic E-state index is 12.7. The second-order valence-electron chi connectivity index (χ2n) is 6.41. The molecular formula is C15H25N3O2. The second-order valence-corrected chi connectivity index (χ2v) is 6.41. The number of likely N-dealkylation sites (N-methyl/N-ethyl adjacent to an activating group) is 1. The number of rotatable bonds is 2. The molecule has 0 aromatic rings. The summed E-state index contributed by atoms with van der Waals surface area (Å²) in [6.45, 7) is 0.727. The van der Waals surface area contributed by atoms with Crippen molar-refractivity contribution in [1.82, 2.24) is 15.5 Å². The van der Waals surface area contributed by atoms with Gasteiger partial charge in [-0.2, -0.15) is 0 Å². The summed E-state index contributed by atoms with van der Waals surface area (Å²) in [6, 6.07) is 0.212. The molecule has 0 bridgehead atoms. The van der Waals surface area contributed by atoms with Gasteiger partial charge in [0.1, 0.15) is 6.04 Å². The lowest BCUT2D eigenvalue weighted by molar-refractivity contribution is -0.139. The van der Waals surface area contributed by atoms with Crippen LogP contribution in [0.5, 0.6) is 0 Å². The molecule has 2 aliphatic heterocycles. The molecule has 112 valence electrons. The van der Waals surface area contributed by atoms with Gasteiger partial charge in [-0.05, 0) is 38.0 Å². The molecule has 20 heavy (non-hydrogen) atoms. The van der Waals surface area contributed by atoms with Crippen LogP contribution in [0.1, 0.15) is 44.9 Å². The summed E-state index contributed by atoms with van der Waals surface area (Å²) in [5, 5.41) is 6.20. The number of nitrogens with zero attached hydrogens (tertiary/aromatic N) is 1. The number of hydrogen-bond acceptors (Lipinski definition) is 3. The van der Waals surface area contributed by atoms with Crippen LogP contribution in [0.4, 0.5) is 0 Å². The molecule has 5 nitrogen and oxygen atoms in total. The van der Waals surface area contributed by atoms with E-state index in [1.165, 1.54) is 25.7 Å². The van der Waals surface area contributed by atoms with Gasteiger partial charge in [0.15, 0.2) is 0 Å². The molecule has 1 aliphatic carbocycles. The van der Waals surface area contributed by atoms with Gasteiger partial charge in [-0.15, -0.1) is 0 Å². The van der Waals surface area contributed by atoms with Crippen LogP contribution in [-0.2, 0) is 9.59 Å². The average molecular weight is 279 g/mol. The van der Waals surface area contributed by atoms with Gasteiger partial charge in [-0.25, -0.2) is 0 Å². The first-order chi connectivity index (χ1) is 9.70. The Morgan fingerprint density at radius 3 is 2.70 bits per heavy atom. The fraction of sp³-hybridized carbons (Fsp3) is 0.867. The molecular weight excluding hydrogens is 254 g/mol. The Morgan fingerprint density at radius 2 is 1.95 bits per heavy atom. The maximum Gasteiger partial charge on any atom is 0.242 e. The molecule has 2 amide bonds. The third-order valence-corrected chi connectivity index (χ3v) is 5.25. The second kappa shape index (κ2) is 5.72. The molecule has 3 aliphatic rings. The zero-order valence-corrected chi connectivity index (χ0v) is 12.2. The third-order valence-electron chi connectivity index (χ3n) is 5.25. The topological polar surface area (TPSA) is 61.4 Å². The van der Waals surface area contributed by atoms with Crippen LogP contribution in [-0.4, -0.2) is 48.4 Å². The highest BCUT2D eigenvalue weighted by molar-refractivity contribution is 5.90. The summed E-state index contributed by atoms with van der Waals surface area (Å²) in [5.41, 5.74) is 0. The van der Waals surface area contributed by atoms with Crippen molar-refractivity contribution < 1.29 is 9.59 Å². The number of amides is 2. The lowest BCUT2D eigenvalue weighted by Crippen LogP contribution is -2.51. The summed E-state index contributed by atoms with van der Waals surface area (Å²) in [4.78, 5) is 26.4. The minimum atomic E-state index is -0.253. The smallest absolute Gasteiger partial charge is 0.242 e. The molecule has 5 heteroatoms. The summed E-state index contributed by atoms with van der Waals surface area (Å²) in [6.07, 6.45) is 7.72. The largest absolute Gasteiger partial charge is 0.357 e. The SMILES string of the molecule is CNC(=O)C1CCCN1C(=O)C1CC2CCCCC2N1. The Hall–Kier alpha value is -1.10. The van der Waals surface area contributed by atoms with Crippen molar-refractivity contribution in [2.75, 3.05) is 13.6 Å². The van der Waals surface area contributed by atoms with Gasteiger partial charge < -0.3 is 15.5 Å². The van der Waals surface area contributed by atoms with Gasteiger partial charge in [0.2, 0.25) is 11.8 Å². The van der Waals surface area contributed by atoms with Crippen LogP contribution in [0, 0.1) is 5.92 Å². The maximum absolute atomic E-state index is 12.7. The summed E-state index contributed by atoms with van der Waals surface area (Å²) < 4.78 is 0. The minimum Gasteiger partial charge on any atom is -0.357 e. The monoisotopic (exact) mass is 279 g/mol. The Kier molecular flexibility index (Phi) is 3.96. The van der Waals surface area contributed by atoms with Crippen molar-refractivity contribution in [3.63, 3.8) is 0 Å². The predicted molar refractivity (Wildman–Crippen MR) is 76.1 cm³/mol. The molecule has 3 fully saturated rings. The molecule has 2 N–H and O–H groups in total. The van der Waals surface area contributed by atoms with Crippen LogP contribution >= 0.6 is 0 Å². The summed E-state index contributed by atoms with van der Waals surface area (Å²) in [7, 11) is 1.64. The fourth-order valence-corrected chi connectivity index (χ4v) is 4.18. The van der Waals surface area contributed by atoms with Gasteiger partial charge in [0, 0.05) is 19.6 Å². The van der Waals surface area contributed by atoms with Gasteiger partial charge in [-0.3, -0.25) is 9.59 Å². The predicted octanol–water partition coefficient (Wildman–Crippen LogP) is 0.644. The summed E-state index contributed by atoms with van der Waals surface area (Å²) >= 11 is 0. The van der Waals surface area contributed by atoms with Crippen molar-refractivity contribution in [2.45, 2.75) is 63.1 Å². The molecule has 0 aromatic carbocycles. The average Bonchev–Trinajstić information content (AvgIpc) is 3.11. The highest BCUT2D eigenvalue weighted by Gasteiger charge is 2.43. The van der Waals surface area contributed by atoms with E-state index in [1.54, 1.807) is 11.9 Å². The van der Waals surface area contributed by atoms with Gasteiger partial charge in [0.25, 0.3) is 0 Å². The van der Waals surface area contributed by atoms with E-state index in [0.717, 1.165) is 25.8 Å². The highest BCUT2D eigenvalue weighted by atomic mass is 16.2. The van der Waals surface area contributed by atoms with Gasteiger partial charge in [0.05, 0.1) is 6.04 Å². The Labute approximate surface area is 120 Å². The number of hydrogen-bond donors (Lipinski definition) is 2. The quantitative estimate of drug-likeness (QED) is 0.780. The third kappa shape index (κ3) is 2.43. The van der Waals surface area contributed by atoms with E-state index in [0.29, 0.717) is 12.0 Å². The van der Waals surface area contributed by atoms with E-state index in [9.17, 15) is 9.59 Å². The number of carbonyl (C=O) groups is 2. The van der Waals surface area contributed by atoms with Crippen LogP contribution in [0.3, 0.4) is 0 Å². The van der Waals surface area contributed by atoms with Crippen LogP contribution < -0.4 is 10.6 Å². The Balaban J connectivity index is 1.65. The summed E-state index contributed by atoms with van der Waals surface area (Å²) in [5.74, 6) is 0.788. The van der Waals surface area contributed by atoms with E-state index in [4.69, 9.17) is 0 Å². The van der Waals surface area contributed by atoms with Crippen molar-refractivity contribution in [2.24, 2.45) is 5.92 Å². The fourth-order valence-electron chi connectivity index (χ4n) is 4.18. The first-order valence-electron chi connectivity index (χ1n) is 7.99. The van der Waals surface area contributed by atoms with E-state index >= 15 is 0 Å². The minimum absolute atomic E-state index is 0.0220. The van der Waals surface area contributed by atoms with Crippen molar-refractivity contribution in [1.29, 1.82) is 0 Å². The van der Waals surface area contributed by atoms with Crippen LogP contribution in [0.25, 0.3) is 0 Å². The first kappa shape index (κ1) is 13.9. The molecule has 2 heterocycles. The number of likely N-dealkylation sites (tertiary alicyclic amines) is 1. The van der Waals surface area contributed by atoms with Gasteiger partial charge >= 0.3 is 0 Å². The van der Waals surface area contributed by atoms with Crippen molar-refractivity contribution in [3.8, 4) is 0 Å². The van der Waals surface area contributed by atoms with Gasteiger partial charge in [-0.1, -0.05) is 12.8 Å². The number of nitrogens with one attached hydrogen (secondary N) is 2. The van der Waals surface area contributed by atoms with E-state index in [-0.39, 0.29) is 23.9 Å². The number of fused-ring (bicyclic) bond motifs is 1. The Bertz CT molecular complexity index is 385. The Morgan fingerprint density at radius 1 is 1.15 bits per heavy atom. The van der Waals surface area contributed by atoms with Crippen LogP contribution in [0.2, 0.25) is 0 Å². The molecule has 0 radical (unpaired) electrons. The molecule has 4 unspecified atom stereocenters. The number of carbonyl (C=O) groups excluding carboxylic acids is 2. The molecule has 0 aromatic heterocycles. The standard InChI is InChI=1S/C15H25N3O2/c1-16-14(19)13-7-4-8-18(13)15(20)12-9-10-5-2-3-6-11(10)17-12/h10-13,17H,2-9H2,1H3,(H,16,19). The van der Waals surface area contributed by atoms with Crippen molar-refractivity contribution in [3.05, 3.63) is 0 Å². The lowest BCUT2D eigenvalue weighted by Gasteiger charge is -2.26. The van der Waals surface area contributed by atoms with E-state index < -0.39 is 0 Å². The molecule has 1 saturated carbocycles. The lowest BCUT2D eigenvalue weighted by atomic mass is 9.85. The van der Waals surface area contributed by atoms with Crippen LogP contribution in [0.15, 0.2) is 0 Å². The first-order valence-corrected chi connectivity index (χ1v) is 7.99. The zero-order valence-electron chi connectivity index (χ0n) is 12.2. The molecule has 3 rings (SSSR count). The molecule has 2 saturated heterocycles. The van der Waals surface area contributed by atoms with E-state index in [2.05, 4.69) is 10.6 Å².